The molecule has 2 aromatic heterocycles. The van der Waals surface area contributed by atoms with Crippen LogP contribution in [0.5, 0.6) is 11.5 Å². The van der Waals surface area contributed by atoms with Crippen LogP contribution >= 0.6 is 0 Å². The molecule has 1 N–H and O–H groups in total. The summed E-state index contributed by atoms with van der Waals surface area (Å²) in [4.78, 5) is 25.7. The Morgan fingerprint density at radius 1 is 1.06 bits per heavy atom. The van der Waals surface area contributed by atoms with Crippen LogP contribution in [0.1, 0.15) is 17.7 Å². The predicted molar refractivity (Wildman–Crippen MR) is 127 cm³/mol. The van der Waals surface area contributed by atoms with Crippen LogP contribution in [0.4, 0.5) is 5.69 Å². The van der Waals surface area contributed by atoms with E-state index in [-0.39, 0.29) is 17.9 Å². The van der Waals surface area contributed by atoms with Crippen molar-refractivity contribution in [3.05, 3.63) is 76.2 Å². The third-order valence-corrected chi connectivity index (χ3v) is 5.78. The molecule has 0 aliphatic rings. The molecule has 4 rings (SSSR count). The van der Waals surface area contributed by atoms with Gasteiger partial charge in [-0.25, -0.2) is 0 Å². The van der Waals surface area contributed by atoms with Crippen LogP contribution in [-0.4, -0.2) is 34.3 Å². The van der Waals surface area contributed by atoms with E-state index in [0.29, 0.717) is 40.5 Å². The fraction of sp³-hybridized carbons (Fsp3) is 0.240. The van der Waals surface area contributed by atoms with Gasteiger partial charge in [0.1, 0.15) is 17.1 Å². The number of ether oxygens (including phenoxy) is 2. The highest BCUT2D eigenvalue weighted by Gasteiger charge is 2.18. The number of anilines is 1. The van der Waals surface area contributed by atoms with Gasteiger partial charge in [0.15, 0.2) is 0 Å². The number of amides is 1. The van der Waals surface area contributed by atoms with Crippen molar-refractivity contribution in [2.75, 3.05) is 19.5 Å². The molecule has 4 aromatic rings. The third kappa shape index (κ3) is 4.32. The van der Waals surface area contributed by atoms with Gasteiger partial charge in [0, 0.05) is 42.0 Å². The van der Waals surface area contributed by atoms with Gasteiger partial charge in [-0.05, 0) is 49.7 Å². The largest absolute Gasteiger partial charge is 0.497 e. The fourth-order valence-corrected chi connectivity index (χ4v) is 3.83. The van der Waals surface area contributed by atoms with Gasteiger partial charge in [-0.3, -0.25) is 9.59 Å². The number of benzene rings is 2. The van der Waals surface area contributed by atoms with Gasteiger partial charge in [-0.15, -0.1) is 0 Å². The molecule has 2 aromatic carbocycles. The van der Waals surface area contributed by atoms with E-state index in [9.17, 15) is 9.59 Å². The first-order valence-electron chi connectivity index (χ1n) is 10.6. The van der Waals surface area contributed by atoms with Crippen LogP contribution in [0.2, 0.25) is 0 Å². The van der Waals surface area contributed by atoms with Gasteiger partial charge in [-0.2, -0.15) is 9.61 Å². The van der Waals surface area contributed by atoms with Gasteiger partial charge in [0.25, 0.3) is 5.56 Å². The van der Waals surface area contributed by atoms with E-state index in [1.54, 1.807) is 38.5 Å². The topological polar surface area (TPSA) is 86.9 Å². The number of methoxy groups -OCH3 is 2. The lowest BCUT2D eigenvalue weighted by Gasteiger charge is -2.12. The molecule has 0 aliphatic carbocycles. The monoisotopic (exact) mass is 446 g/mol. The number of nitrogens with one attached hydrogen (secondary N) is 1. The van der Waals surface area contributed by atoms with Gasteiger partial charge in [0.05, 0.1) is 19.9 Å². The fourth-order valence-electron chi connectivity index (χ4n) is 3.83. The van der Waals surface area contributed by atoms with Gasteiger partial charge in [0.2, 0.25) is 5.91 Å². The number of aryl methyl sites for hydroxylation is 1. The summed E-state index contributed by atoms with van der Waals surface area (Å²) in [6.45, 7) is 1.88. The molecular formula is C25H26N4O4. The van der Waals surface area contributed by atoms with Crippen molar-refractivity contribution < 1.29 is 14.3 Å². The van der Waals surface area contributed by atoms with Gasteiger partial charge < -0.3 is 19.4 Å². The summed E-state index contributed by atoms with van der Waals surface area (Å²) in [6, 6.07) is 16.5. The highest BCUT2D eigenvalue weighted by atomic mass is 16.5. The normalized spacial score (nSPS) is 10.9. The van der Waals surface area contributed by atoms with Crippen LogP contribution in [-0.2, 0) is 18.3 Å². The van der Waals surface area contributed by atoms with E-state index in [1.165, 1.54) is 4.52 Å². The predicted octanol–water partition coefficient (Wildman–Crippen LogP) is 3.60. The minimum Gasteiger partial charge on any atom is -0.497 e. The SMILES string of the molecule is COc1ccc(NC(=O)CCc2c(C)n(C)c3cc(-c4ccccc4OC)nn3c2=O)cc1. The van der Waals surface area contributed by atoms with Crippen LogP contribution in [0.3, 0.4) is 0 Å². The van der Waals surface area contributed by atoms with Crippen molar-refractivity contribution in [1.82, 2.24) is 14.2 Å². The number of fused-ring (bicyclic) bond motifs is 1. The van der Waals surface area contributed by atoms with E-state index in [0.717, 1.165) is 11.3 Å². The highest BCUT2D eigenvalue weighted by molar-refractivity contribution is 5.90. The molecular weight excluding hydrogens is 420 g/mol. The Balaban J connectivity index is 1.60. The zero-order valence-corrected chi connectivity index (χ0v) is 19.1. The maximum Gasteiger partial charge on any atom is 0.277 e. The second-order valence-electron chi connectivity index (χ2n) is 7.70. The number of para-hydroxylation sites is 1. The summed E-state index contributed by atoms with van der Waals surface area (Å²) in [5.41, 5.74) is 3.94. The lowest BCUT2D eigenvalue weighted by molar-refractivity contribution is -0.116. The number of hydrogen-bond donors (Lipinski definition) is 1. The van der Waals surface area contributed by atoms with E-state index in [2.05, 4.69) is 10.4 Å². The standard InChI is InChI=1S/C25H26N4O4/c1-16-19(13-14-23(30)26-17-9-11-18(32-3)12-10-17)25(31)29-24(28(16)2)15-21(27-29)20-7-5-6-8-22(20)33-4/h5-12,15H,13-14H2,1-4H3,(H,26,30). The van der Waals surface area contributed by atoms with Gasteiger partial charge in [-0.1, -0.05) is 12.1 Å². The average molecular weight is 447 g/mol. The van der Waals surface area contributed by atoms with Crippen molar-refractivity contribution in [1.29, 1.82) is 0 Å². The number of carbonyl (C=O) groups excluding carboxylic acids is 1. The Hall–Kier alpha value is -4.07. The van der Waals surface area contributed by atoms with E-state index < -0.39 is 0 Å². The van der Waals surface area contributed by atoms with E-state index in [4.69, 9.17) is 9.47 Å². The number of rotatable bonds is 7. The molecule has 8 heteroatoms. The van der Waals surface area contributed by atoms with Crippen molar-refractivity contribution >= 4 is 17.2 Å². The minimum absolute atomic E-state index is 0.170. The van der Waals surface area contributed by atoms with Crippen molar-refractivity contribution in [3.8, 4) is 22.8 Å². The van der Waals surface area contributed by atoms with Crippen LogP contribution in [0.25, 0.3) is 16.9 Å². The molecule has 8 nitrogen and oxygen atoms in total. The maximum atomic E-state index is 13.3. The number of nitrogens with zero attached hydrogens (tertiary/aromatic N) is 3. The van der Waals surface area contributed by atoms with Crippen LogP contribution < -0.4 is 20.3 Å². The Labute approximate surface area is 191 Å². The zero-order chi connectivity index (χ0) is 23.5. The molecule has 0 spiro atoms. The molecule has 0 saturated heterocycles. The number of aromatic nitrogens is 3. The first-order valence-corrected chi connectivity index (χ1v) is 10.6. The minimum atomic E-state index is -0.223. The molecule has 0 radical (unpaired) electrons. The molecule has 0 saturated carbocycles. The van der Waals surface area contributed by atoms with Crippen LogP contribution in [0, 0.1) is 6.92 Å². The molecule has 170 valence electrons. The Bertz CT molecular complexity index is 1370. The molecule has 0 aliphatic heterocycles. The first kappa shape index (κ1) is 22.1. The quantitative estimate of drug-likeness (QED) is 0.469. The van der Waals surface area contributed by atoms with Crippen molar-refractivity contribution in [2.24, 2.45) is 7.05 Å². The smallest absolute Gasteiger partial charge is 0.277 e. The summed E-state index contributed by atoms with van der Waals surface area (Å²) in [7, 11) is 5.08. The lowest BCUT2D eigenvalue weighted by atomic mass is 10.1. The molecule has 0 fully saturated rings. The number of carbonyl (C=O) groups is 1. The molecule has 2 heterocycles. The second kappa shape index (κ2) is 9.20. The Kier molecular flexibility index (Phi) is 6.17. The maximum absolute atomic E-state index is 13.3. The highest BCUT2D eigenvalue weighted by Crippen LogP contribution is 2.29. The van der Waals surface area contributed by atoms with Crippen molar-refractivity contribution in [2.45, 2.75) is 19.8 Å². The summed E-state index contributed by atoms with van der Waals surface area (Å²) < 4.78 is 13.9. The summed E-state index contributed by atoms with van der Waals surface area (Å²) in [5, 5.41) is 7.41. The Morgan fingerprint density at radius 3 is 2.48 bits per heavy atom. The molecule has 1 amide bonds. The summed E-state index contributed by atoms with van der Waals surface area (Å²) >= 11 is 0. The average Bonchev–Trinajstić information content (AvgIpc) is 3.29. The summed E-state index contributed by atoms with van der Waals surface area (Å²) in [5.74, 6) is 1.23. The molecule has 0 unspecified atom stereocenters. The molecule has 0 bridgehead atoms. The molecule has 0 atom stereocenters. The molecule has 33 heavy (non-hydrogen) atoms. The third-order valence-electron chi connectivity index (χ3n) is 5.78. The summed E-state index contributed by atoms with van der Waals surface area (Å²) in [6.07, 6.45) is 0.481. The van der Waals surface area contributed by atoms with Gasteiger partial charge >= 0.3 is 0 Å². The Morgan fingerprint density at radius 2 is 1.79 bits per heavy atom. The lowest BCUT2D eigenvalue weighted by Crippen LogP contribution is -2.26. The first-order chi connectivity index (χ1) is 15.9. The second-order valence-corrected chi connectivity index (χ2v) is 7.70. The van der Waals surface area contributed by atoms with E-state index >= 15 is 0 Å². The number of hydrogen-bond acceptors (Lipinski definition) is 5. The van der Waals surface area contributed by atoms with Crippen LogP contribution in [0.15, 0.2) is 59.4 Å². The zero-order valence-electron chi connectivity index (χ0n) is 19.1. The van der Waals surface area contributed by atoms with E-state index in [1.807, 2.05) is 48.9 Å². The van der Waals surface area contributed by atoms with Crippen molar-refractivity contribution in [3.63, 3.8) is 0 Å².